The molecule has 2 aliphatic carbocycles. The SMILES string of the molecule is CC(C)(C)C(=O)OC[C@@]12C=CC=C[C@@H]1C=CCC2. The highest BCUT2D eigenvalue weighted by atomic mass is 16.5. The van der Waals surface area contributed by atoms with Crippen molar-refractivity contribution in [3.63, 3.8) is 0 Å². The Labute approximate surface area is 109 Å². The lowest BCUT2D eigenvalue weighted by atomic mass is 9.68. The fraction of sp³-hybridized carbons (Fsp3) is 0.562. The zero-order chi connectivity index (χ0) is 13.2. The maximum absolute atomic E-state index is 11.9. The van der Waals surface area contributed by atoms with Crippen LogP contribution in [0.15, 0.2) is 36.5 Å². The summed E-state index contributed by atoms with van der Waals surface area (Å²) in [6.45, 7) is 6.16. The van der Waals surface area contributed by atoms with E-state index in [9.17, 15) is 4.79 Å². The van der Waals surface area contributed by atoms with Crippen LogP contribution in [0.5, 0.6) is 0 Å². The molecule has 2 rings (SSSR count). The number of allylic oxidation sites excluding steroid dienone is 5. The summed E-state index contributed by atoms with van der Waals surface area (Å²) < 4.78 is 5.55. The second-order valence-electron chi connectivity index (χ2n) is 6.30. The Morgan fingerprint density at radius 1 is 1.33 bits per heavy atom. The molecule has 98 valence electrons. The van der Waals surface area contributed by atoms with E-state index in [1.165, 1.54) is 0 Å². The topological polar surface area (TPSA) is 26.3 Å². The quantitative estimate of drug-likeness (QED) is 0.549. The van der Waals surface area contributed by atoms with Gasteiger partial charge in [0.05, 0.1) is 5.41 Å². The number of esters is 1. The average molecular weight is 246 g/mol. The van der Waals surface area contributed by atoms with Crippen LogP contribution in [0, 0.1) is 16.7 Å². The molecule has 0 aliphatic heterocycles. The van der Waals surface area contributed by atoms with Crippen LogP contribution in [0.4, 0.5) is 0 Å². The zero-order valence-electron chi connectivity index (χ0n) is 11.5. The lowest BCUT2D eigenvalue weighted by Crippen LogP contribution is -2.37. The summed E-state index contributed by atoms with van der Waals surface area (Å²) in [6, 6.07) is 0. The van der Waals surface area contributed by atoms with Crippen LogP contribution in [-0.2, 0) is 9.53 Å². The second kappa shape index (κ2) is 4.75. The molecule has 0 aromatic heterocycles. The smallest absolute Gasteiger partial charge is 0.311 e. The number of ether oxygens (including phenoxy) is 1. The van der Waals surface area contributed by atoms with Gasteiger partial charge in [0.2, 0.25) is 0 Å². The monoisotopic (exact) mass is 246 g/mol. The highest BCUT2D eigenvalue weighted by Gasteiger charge is 2.38. The molecular weight excluding hydrogens is 224 g/mol. The largest absolute Gasteiger partial charge is 0.464 e. The van der Waals surface area contributed by atoms with E-state index in [-0.39, 0.29) is 11.4 Å². The normalized spacial score (nSPS) is 30.1. The Bertz CT molecular complexity index is 409. The highest BCUT2D eigenvalue weighted by Crippen LogP contribution is 2.42. The Morgan fingerprint density at radius 3 is 2.83 bits per heavy atom. The molecule has 0 aromatic rings. The summed E-state index contributed by atoms with van der Waals surface area (Å²) >= 11 is 0. The Kier molecular flexibility index (Phi) is 3.47. The first-order valence-electron chi connectivity index (χ1n) is 6.64. The van der Waals surface area contributed by atoms with E-state index < -0.39 is 5.41 Å². The van der Waals surface area contributed by atoms with E-state index >= 15 is 0 Å². The molecule has 0 N–H and O–H groups in total. The van der Waals surface area contributed by atoms with Gasteiger partial charge in [-0.1, -0.05) is 36.5 Å². The van der Waals surface area contributed by atoms with Gasteiger partial charge in [-0.25, -0.2) is 0 Å². The summed E-state index contributed by atoms with van der Waals surface area (Å²) in [4.78, 5) is 11.9. The van der Waals surface area contributed by atoms with Crippen molar-refractivity contribution in [2.45, 2.75) is 33.6 Å². The van der Waals surface area contributed by atoms with Gasteiger partial charge in [-0.05, 0) is 33.6 Å². The van der Waals surface area contributed by atoms with Crippen molar-refractivity contribution in [2.24, 2.45) is 16.7 Å². The van der Waals surface area contributed by atoms with Crippen molar-refractivity contribution in [3.05, 3.63) is 36.5 Å². The lowest BCUT2D eigenvalue weighted by Gasteiger charge is -2.39. The molecule has 0 fully saturated rings. The van der Waals surface area contributed by atoms with Crippen LogP contribution in [0.25, 0.3) is 0 Å². The molecule has 2 atom stereocenters. The van der Waals surface area contributed by atoms with Gasteiger partial charge in [0.15, 0.2) is 0 Å². The van der Waals surface area contributed by atoms with Crippen LogP contribution in [-0.4, -0.2) is 12.6 Å². The predicted molar refractivity (Wildman–Crippen MR) is 73.0 cm³/mol. The first-order valence-corrected chi connectivity index (χ1v) is 6.64. The molecule has 0 heterocycles. The first kappa shape index (κ1) is 13.1. The fourth-order valence-corrected chi connectivity index (χ4v) is 2.47. The van der Waals surface area contributed by atoms with E-state index in [1.807, 2.05) is 20.8 Å². The Balaban J connectivity index is 2.07. The first-order chi connectivity index (χ1) is 8.44. The van der Waals surface area contributed by atoms with Crippen molar-refractivity contribution >= 4 is 5.97 Å². The molecular formula is C16H22O2. The van der Waals surface area contributed by atoms with E-state index in [0.29, 0.717) is 12.5 Å². The van der Waals surface area contributed by atoms with Crippen LogP contribution >= 0.6 is 0 Å². The third-order valence-electron chi connectivity index (χ3n) is 3.73. The third-order valence-corrected chi connectivity index (χ3v) is 3.73. The maximum Gasteiger partial charge on any atom is 0.311 e. The van der Waals surface area contributed by atoms with E-state index in [2.05, 4.69) is 36.5 Å². The minimum absolute atomic E-state index is 0.0234. The molecule has 0 unspecified atom stereocenters. The van der Waals surface area contributed by atoms with Crippen molar-refractivity contribution in [3.8, 4) is 0 Å². The molecule has 0 radical (unpaired) electrons. The van der Waals surface area contributed by atoms with Gasteiger partial charge >= 0.3 is 5.97 Å². The number of carbonyl (C=O) groups excluding carboxylic acids is 1. The molecule has 2 aliphatic rings. The molecule has 0 amide bonds. The number of hydrogen-bond acceptors (Lipinski definition) is 2. The van der Waals surface area contributed by atoms with Crippen LogP contribution < -0.4 is 0 Å². The average Bonchev–Trinajstić information content (AvgIpc) is 2.35. The standard InChI is InChI=1S/C16H22O2/c1-15(2,3)14(17)18-12-16-10-6-4-8-13(16)9-5-7-11-16/h4-6,8-10,13H,7,11-12H2,1-3H3/t13-,16+/m1/s1. The third kappa shape index (κ3) is 2.58. The summed E-state index contributed by atoms with van der Waals surface area (Å²) in [5, 5.41) is 0. The van der Waals surface area contributed by atoms with Crippen molar-refractivity contribution in [1.82, 2.24) is 0 Å². The van der Waals surface area contributed by atoms with E-state index in [1.54, 1.807) is 0 Å². The predicted octanol–water partition coefficient (Wildman–Crippen LogP) is 3.65. The van der Waals surface area contributed by atoms with E-state index in [4.69, 9.17) is 4.74 Å². The lowest BCUT2D eigenvalue weighted by molar-refractivity contribution is -0.156. The van der Waals surface area contributed by atoms with Crippen LogP contribution in [0.3, 0.4) is 0 Å². The van der Waals surface area contributed by atoms with Gasteiger partial charge in [-0.2, -0.15) is 0 Å². The molecule has 0 spiro atoms. The maximum atomic E-state index is 11.9. The second-order valence-corrected chi connectivity index (χ2v) is 6.30. The van der Waals surface area contributed by atoms with Gasteiger partial charge in [-0.15, -0.1) is 0 Å². The van der Waals surface area contributed by atoms with Gasteiger partial charge in [0.1, 0.15) is 6.61 Å². The Hall–Kier alpha value is -1.31. The molecule has 0 saturated heterocycles. The zero-order valence-corrected chi connectivity index (χ0v) is 11.5. The van der Waals surface area contributed by atoms with Gasteiger partial charge < -0.3 is 4.74 Å². The number of hydrogen-bond donors (Lipinski definition) is 0. The van der Waals surface area contributed by atoms with Gasteiger partial charge in [0, 0.05) is 11.3 Å². The minimum atomic E-state index is -0.426. The van der Waals surface area contributed by atoms with Gasteiger partial charge in [-0.3, -0.25) is 4.79 Å². The molecule has 2 nitrogen and oxygen atoms in total. The summed E-state index contributed by atoms with van der Waals surface area (Å²) in [6.07, 6.45) is 15.1. The summed E-state index contributed by atoms with van der Waals surface area (Å²) in [5.74, 6) is 0.247. The van der Waals surface area contributed by atoms with Crippen molar-refractivity contribution in [1.29, 1.82) is 0 Å². The van der Waals surface area contributed by atoms with Crippen LogP contribution in [0.2, 0.25) is 0 Å². The number of carbonyl (C=O) groups is 1. The number of fused-ring (bicyclic) bond motifs is 1. The van der Waals surface area contributed by atoms with Gasteiger partial charge in [0.25, 0.3) is 0 Å². The molecule has 18 heavy (non-hydrogen) atoms. The van der Waals surface area contributed by atoms with Crippen molar-refractivity contribution in [2.75, 3.05) is 6.61 Å². The van der Waals surface area contributed by atoms with Crippen LogP contribution in [0.1, 0.15) is 33.6 Å². The number of rotatable bonds is 2. The summed E-state index contributed by atoms with van der Waals surface area (Å²) in [5.41, 5.74) is -0.449. The molecule has 0 bridgehead atoms. The molecule has 0 saturated carbocycles. The van der Waals surface area contributed by atoms with Crippen molar-refractivity contribution < 1.29 is 9.53 Å². The van der Waals surface area contributed by atoms with E-state index in [0.717, 1.165) is 12.8 Å². The summed E-state index contributed by atoms with van der Waals surface area (Å²) in [7, 11) is 0. The highest BCUT2D eigenvalue weighted by molar-refractivity contribution is 5.75. The molecule has 2 heteroatoms. The Morgan fingerprint density at radius 2 is 2.11 bits per heavy atom. The fourth-order valence-electron chi connectivity index (χ4n) is 2.47. The minimum Gasteiger partial charge on any atom is -0.464 e. The molecule has 0 aromatic carbocycles.